The maximum absolute atomic E-state index is 10.7. The zero-order chi connectivity index (χ0) is 9.72. The van der Waals surface area contributed by atoms with E-state index >= 15 is 0 Å². The molecular formula is C9H17NO2. The third-order valence-corrected chi connectivity index (χ3v) is 1.94. The molecule has 3 nitrogen and oxygen atoms in total. The van der Waals surface area contributed by atoms with Gasteiger partial charge in [0, 0.05) is 6.54 Å². The largest absolute Gasteiger partial charge is 0.481 e. The van der Waals surface area contributed by atoms with Gasteiger partial charge >= 0.3 is 5.97 Å². The van der Waals surface area contributed by atoms with Crippen molar-refractivity contribution in [3.05, 3.63) is 11.6 Å². The van der Waals surface area contributed by atoms with Crippen molar-refractivity contribution in [1.82, 2.24) is 0 Å². The fraction of sp³-hybridized carbons (Fsp3) is 0.667. The second kappa shape index (κ2) is 4.93. The molecule has 0 saturated heterocycles. The average molecular weight is 171 g/mol. The molecule has 12 heavy (non-hydrogen) atoms. The highest BCUT2D eigenvalue weighted by atomic mass is 16.4. The van der Waals surface area contributed by atoms with Crippen LogP contribution in [0.3, 0.4) is 0 Å². The Labute approximate surface area is 73.3 Å². The molecule has 0 bridgehead atoms. The topological polar surface area (TPSA) is 63.3 Å². The summed E-state index contributed by atoms with van der Waals surface area (Å²) >= 11 is 0. The van der Waals surface area contributed by atoms with E-state index in [2.05, 4.69) is 0 Å². The molecule has 0 saturated carbocycles. The van der Waals surface area contributed by atoms with Gasteiger partial charge in [0.05, 0.1) is 5.92 Å². The Bertz CT molecular complexity index is 185. The molecule has 0 heterocycles. The number of carboxylic acids is 1. The number of hydrogen-bond acceptors (Lipinski definition) is 2. The van der Waals surface area contributed by atoms with E-state index in [-0.39, 0.29) is 12.5 Å². The normalized spacial score (nSPS) is 14.9. The summed E-state index contributed by atoms with van der Waals surface area (Å²) in [5.41, 5.74) is 6.27. The summed E-state index contributed by atoms with van der Waals surface area (Å²) in [6, 6.07) is 0. The summed E-state index contributed by atoms with van der Waals surface area (Å²) in [4.78, 5) is 10.7. The highest BCUT2D eigenvalue weighted by molar-refractivity contribution is 5.74. The molecule has 0 aliphatic carbocycles. The van der Waals surface area contributed by atoms with Gasteiger partial charge in [-0.25, -0.2) is 0 Å². The van der Waals surface area contributed by atoms with E-state index in [0.29, 0.717) is 0 Å². The van der Waals surface area contributed by atoms with Crippen molar-refractivity contribution >= 4 is 5.97 Å². The molecule has 0 aromatic rings. The Kier molecular flexibility index (Phi) is 4.59. The maximum Gasteiger partial charge on any atom is 0.311 e. The second-order valence-electron chi connectivity index (χ2n) is 3.07. The molecule has 0 fully saturated rings. The minimum atomic E-state index is -0.834. The fourth-order valence-corrected chi connectivity index (χ4v) is 1.32. The molecule has 0 rings (SSSR count). The summed E-state index contributed by atoms with van der Waals surface area (Å²) in [5.74, 6) is -1.10. The van der Waals surface area contributed by atoms with Gasteiger partial charge in [-0.2, -0.15) is 0 Å². The molecule has 0 spiro atoms. The van der Waals surface area contributed by atoms with Crippen LogP contribution in [0.1, 0.15) is 20.8 Å². The number of carbonyl (C=O) groups is 1. The number of hydrogen-bond donors (Lipinski definition) is 2. The van der Waals surface area contributed by atoms with E-state index in [1.807, 2.05) is 26.8 Å². The van der Waals surface area contributed by atoms with Crippen LogP contribution in [0.5, 0.6) is 0 Å². The Morgan fingerprint density at radius 1 is 1.58 bits per heavy atom. The quantitative estimate of drug-likeness (QED) is 0.626. The van der Waals surface area contributed by atoms with Crippen LogP contribution in [0.4, 0.5) is 0 Å². The molecule has 3 heteroatoms. The van der Waals surface area contributed by atoms with E-state index in [4.69, 9.17) is 10.8 Å². The van der Waals surface area contributed by atoms with Crippen molar-refractivity contribution in [2.45, 2.75) is 20.8 Å². The molecular weight excluding hydrogens is 154 g/mol. The number of allylic oxidation sites excluding steroid dienone is 1. The van der Waals surface area contributed by atoms with Crippen molar-refractivity contribution in [2.75, 3.05) is 6.54 Å². The van der Waals surface area contributed by atoms with Crippen LogP contribution in [-0.4, -0.2) is 17.6 Å². The van der Waals surface area contributed by atoms with Gasteiger partial charge in [-0.1, -0.05) is 25.5 Å². The first-order valence-electron chi connectivity index (χ1n) is 4.13. The molecule has 0 amide bonds. The van der Waals surface area contributed by atoms with Crippen LogP contribution in [0.2, 0.25) is 0 Å². The highest BCUT2D eigenvalue weighted by Crippen LogP contribution is 2.19. The van der Waals surface area contributed by atoms with Gasteiger partial charge in [-0.3, -0.25) is 4.79 Å². The third-order valence-electron chi connectivity index (χ3n) is 1.94. The average Bonchev–Trinajstić information content (AvgIpc) is 1.98. The van der Waals surface area contributed by atoms with Crippen LogP contribution in [0.15, 0.2) is 11.6 Å². The van der Waals surface area contributed by atoms with Crippen molar-refractivity contribution in [3.63, 3.8) is 0 Å². The maximum atomic E-state index is 10.7. The predicted octanol–water partition coefficient (Wildman–Crippen LogP) is 1.25. The first kappa shape index (κ1) is 11.2. The van der Waals surface area contributed by atoms with E-state index < -0.39 is 11.9 Å². The van der Waals surface area contributed by atoms with E-state index in [1.165, 1.54) is 0 Å². The van der Waals surface area contributed by atoms with Crippen molar-refractivity contribution in [1.29, 1.82) is 0 Å². The molecule has 3 N–H and O–H groups in total. The minimum Gasteiger partial charge on any atom is -0.481 e. The first-order chi connectivity index (χ1) is 5.54. The van der Waals surface area contributed by atoms with Crippen molar-refractivity contribution in [2.24, 2.45) is 17.6 Å². The van der Waals surface area contributed by atoms with Crippen LogP contribution in [0.25, 0.3) is 0 Å². The smallest absolute Gasteiger partial charge is 0.311 e. The minimum absolute atomic E-state index is 0.174. The molecule has 0 radical (unpaired) electrons. The SMILES string of the molecule is C/C=C(\C(C)C)C(CN)C(=O)O. The van der Waals surface area contributed by atoms with Crippen molar-refractivity contribution in [3.8, 4) is 0 Å². The van der Waals surface area contributed by atoms with Gasteiger partial charge in [0.15, 0.2) is 0 Å². The van der Waals surface area contributed by atoms with Crippen LogP contribution < -0.4 is 5.73 Å². The summed E-state index contributed by atoms with van der Waals surface area (Å²) in [6.07, 6.45) is 1.84. The van der Waals surface area contributed by atoms with E-state index in [9.17, 15) is 4.79 Å². The molecule has 70 valence electrons. The lowest BCUT2D eigenvalue weighted by Gasteiger charge is -2.17. The van der Waals surface area contributed by atoms with E-state index in [1.54, 1.807) is 0 Å². The molecule has 1 unspecified atom stereocenters. The second-order valence-corrected chi connectivity index (χ2v) is 3.07. The molecule has 0 aliphatic rings. The monoisotopic (exact) mass is 171 g/mol. The molecule has 0 aromatic carbocycles. The molecule has 1 atom stereocenters. The van der Waals surface area contributed by atoms with Gasteiger partial charge in [0.25, 0.3) is 0 Å². The number of rotatable bonds is 4. The summed E-state index contributed by atoms with van der Waals surface area (Å²) < 4.78 is 0. The summed E-state index contributed by atoms with van der Waals surface area (Å²) in [5, 5.41) is 8.80. The lowest BCUT2D eigenvalue weighted by molar-refractivity contribution is -0.140. The van der Waals surface area contributed by atoms with Gasteiger partial charge in [0.1, 0.15) is 0 Å². The Balaban J connectivity index is 4.58. The number of carboxylic acid groups (broad SMARTS) is 1. The Morgan fingerprint density at radius 2 is 2.08 bits per heavy atom. The lowest BCUT2D eigenvalue weighted by Crippen LogP contribution is -2.27. The van der Waals surface area contributed by atoms with Gasteiger partial charge in [-0.15, -0.1) is 0 Å². The van der Waals surface area contributed by atoms with Crippen LogP contribution in [0, 0.1) is 11.8 Å². The first-order valence-corrected chi connectivity index (χ1v) is 4.13. The number of aliphatic carboxylic acids is 1. The Morgan fingerprint density at radius 3 is 2.17 bits per heavy atom. The molecule has 0 aliphatic heterocycles. The zero-order valence-corrected chi connectivity index (χ0v) is 7.87. The van der Waals surface area contributed by atoms with Crippen molar-refractivity contribution < 1.29 is 9.90 Å². The lowest BCUT2D eigenvalue weighted by atomic mass is 9.90. The highest BCUT2D eigenvalue weighted by Gasteiger charge is 2.21. The van der Waals surface area contributed by atoms with Crippen LogP contribution in [-0.2, 0) is 4.79 Å². The standard InChI is InChI=1S/C9H17NO2/c1-4-7(6(2)3)8(5-10)9(11)12/h4,6,8H,5,10H2,1-3H3,(H,11,12)/b7-4+. The summed E-state index contributed by atoms with van der Waals surface area (Å²) in [7, 11) is 0. The van der Waals surface area contributed by atoms with Gasteiger partial charge < -0.3 is 10.8 Å². The Hall–Kier alpha value is -0.830. The summed E-state index contributed by atoms with van der Waals surface area (Å²) in [6.45, 7) is 5.97. The van der Waals surface area contributed by atoms with Crippen LogP contribution >= 0.6 is 0 Å². The fourth-order valence-electron chi connectivity index (χ4n) is 1.32. The predicted molar refractivity (Wildman–Crippen MR) is 48.8 cm³/mol. The number of nitrogens with two attached hydrogens (primary N) is 1. The third kappa shape index (κ3) is 2.66. The molecule has 0 aromatic heterocycles. The zero-order valence-electron chi connectivity index (χ0n) is 7.87. The van der Waals surface area contributed by atoms with Gasteiger partial charge in [0.2, 0.25) is 0 Å². The van der Waals surface area contributed by atoms with E-state index in [0.717, 1.165) is 5.57 Å². The van der Waals surface area contributed by atoms with Gasteiger partial charge in [-0.05, 0) is 12.8 Å².